The van der Waals surface area contributed by atoms with E-state index in [1.165, 1.54) is 0 Å². The van der Waals surface area contributed by atoms with Crippen molar-refractivity contribution in [1.29, 1.82) is 0 Å². The maximum atomic E-state index is 4.98. The zero-order valence-electron chi connectivity index (χ0n) is 6.14. The molecule has 0 amide bonds. The van der Waals surface area contributed by atoms with Crippen LogP contribution >= 0.6 is 24.0 Å². The first kappa shape index (κ1) is 12.9. The van der Waals surface area contributed by atoms with Crippen molar-refractivity contribution in [2.24, 2.45) is 0 Å². The van der Waals surface area contributed by atoms with Gasteiger partial charge in [-0.15, -0.1) is 0 Å². The van der Waals surface area contributed by atoms with Crippen LogP contribution in [0.25, 0.3) is 0 Å². The second-order valence-corrected chi connectivity index (χ2v) is 2.98. The number of hydrogen-bond acceptors (Lipinski definition) is 3. The molecule has 0 fully saturated rings. The Kier molecular flexibility index (Phi) is 13.2. The molecule has 9 heavy (non-hydrogen) atoms. The summed E-state index contributed by atoms with van der Waals surface area (Å²) in [5, 5.41) is 0. The van der Waals surface area contributed by atoms with Crippen molar-refractivity contribution in [3.8, 4) is 0 Å². The summed E-state index contributed by atoms with van der Waals surface area (Å²) in [7, 11) is 0. The van der Waals surface area contributed by atoms with E-state index in [1.807, 2.05) is 6.92 Å². The fourth-order valence-electron chi connectivity index (χ4n) is 0.277. The topological polar surface area (TPSA) is 9.23 Å². The Bertz CT molecular complexity index is 69.4. The van der Waals surface area contributed by atoms with Gasteiger partial charge in [0.25, 0.3) is 0 Å². The van der Waals surface area contributed by atoms with E-state index in [0.717, 1.165) is 5.75 Å². The van der Waals surface area contributed by atoms with E-state index < -0.39 is 0 Å². The Labute approximate surface area is 88.2 Å². The average Bonchev–Trinajstić information content (AvgIpc) is 1.68. The molecule has 0 heterocycles. The molecule has 0 aromatic heterocycles. The maximum Gasteiger partial charge on any atom is 0.219 e. The van der Waals surface area contributed by atoms with Crippen molar-refractivity contribution in [3.05, 3.63) is 0 Å². The molecule has 0 N–H and O–H groups in total. The summed E-state index contributed by atoms with van der Waals surface area (Å²) in [6.45, 7) is 4.67. The van der Waals surface area contributed by atoms with Gasteiger partial charge in [0.1, 0.15) is 0 Å². The molecular formula is C5H10NaOS2. The van der Waals surface area contributed by atoms with Crippen LogP contribution in [-0.2, 0) is 4.74 Å². The van der Waals surface area contributed by atoms with E-state index in [-0.39, 0.29) is 29.6 Å². The maximum absolute atomic E-state index is 4.98. The van der Waals surface area contributed by atoms with Crippen molar-refractivity contribution in [2.75, 3.05) is 12.4 Å². The summed E-state index contributed by atoms with van der Waals surface area (Å²) in [5.41, 5.74) is 0. The van der Waals surface area contributed by atoms with Crippen LogP contribution in [0.1, 0.15) is 13.8 Å². The van der Waals surface area contributed by atoms with E-state index in [4.69, 9.17) is 17.0 Å². The van der Waals surface area contributed by atoms with E-state index in [2.05, 4.69) is 6.92 Å². The van der Waals surface area contributed by atoms with E-state index >= 15 is 0 Å². The first-order valence-corrected chi connectivity index (χ1v) is 4.00. The Morgan fingerprint density at radius 1 is 1.56 bits per heavy atom. The van der Waals surface area contributed by atoms with Gasteiger partial charge < -0.3 is 4.74 Å². The predicted octanol–water partition coefficient (Wildman–Crippen LogP) is 1.68. The Balaban J connectivity index is 0. The van der Waals surface area contributed by atoms with Crippen molar-refractivity contribution in [1.82, 2.24) is 0 Å². The van der Waals surface area contributed by atoms with Gasteiger partial charge in [0.15, 0.2) is 0 Å². The van der Waals surface area contributed by atoms with Crippen LogP contribution in [0.4, 0.5) is 0 Å². The minimum atomic E-state index is 0. The molecule has 0 aromatic carbocycles. The molecule has 0 aliphatic rings. The number of hydrogen-bond donors (Lipinski definition) is 0. The first-order valence-electron chi connectivity index (χ1n) is 2.60. The fraction of sp³-hybridized carbons (Fsp3) is 0.800. The standard InChI is InChI=1S/C5H10OS2.Na/c1-3-6-5(7)8-4-2;/h3-4H2,1-2H3;. The average molecular weight is 173 g/mol. The van der Waals surface area contributed by atoms with Crippen LogP contribution in [0, 0.1) is 0 Å². The molecule has 0 bridgehead atoms. The molecule has 0 saturated heterocycles. The summed E-state index contributed by atoms with van der Waals surface area (Å²) in [6.07, 6.45) is 0. The van der Waals surface area contributed by atoms with Crippen LogP contribution in [0.2, 0.25) is 0 Å². The van der Waals surface area contributed by atoms with Gasteiger partial charge in [-0.2, -0.15) is 0 Å². The van der Waals surface area contributed by atoms with Crippen LogP contribution in [-0.4, -0.2) is 46.3 Å². The third-order valence-corrected chi connectivity index (χ3v) is 1.64. The van der Waals surface area contributed by atoms with Crippen LogP contribution in [0.15, 0.2) is 0 Å². The molecule has 0 atom stereocenters. The van der Waals surface area contributed by atoms with Gasteiger partial charge in [0.2, 0.25) is 4.38 Å². The fourth-order valence-corrected chi connectivity index (χ4v) is 1.19. The van der Waals surface area contributed by atoms with Crippen molar-refractivity contribution in [2.45, 2.75) is 13.8 Å². The van der Waals surface area contributed by atoms with E-state index in [0.29, 0.717) is 11.0 Å². The molecule has 1 nitrogen and oxygen atoms in total. The normalized spacial score (nSPS) is 7.78. The third kappa shape index (κ3) is 9.24. The predicted molar refractivity (Wildman–Crippen MR) is 48.1 cm³/mol. The number of ether oxygens (including phenoxy) is 1. The van der Waals surface area contributed by atoms with Crippen LogP contribution in [0.3, 0.4) is 0 Å². The van der Waals surface area contributed by atoms with Gasteiger partial charge in [-0.05, 0) is 24.9 Å². The number of thioether (sulfide) groups is 1. The van der Waals surface area contributed by atoms with Gasteiger partial charge in [0.05, 0.1) is 6.61 Å². The van der Waals surface area contributed by atoms with E-state index in [1.54, 1.807) is 11.8 Å². The Morgan fingerprint density at radius 3 is 2.44 bits per heavy atom. The van der Waals surface area contributed by atoms with Gasteiger partial charge in [-0.1, -0.05) is 18.7 Å². The first-order chi connectivity index (χ1) is 3.81. The second kappa shape index (κ2) is 9.24. The molecule has 0 rings (SSSR count). The Morgan fingerprint density at radius 2 is 2.11 bits per heavy atom. The van der Waals surface area contributed by atoms with Gasteiger partial charge in [0, 0.05) is 29.6 Å². The van der Waals surface area contributed by atoms with Gasteiger partial charge in [-0.3, -0.25) is 0 Å². The number of rotatable bonds is 2. The smallest absolute Gasteiger partial charge is 0.219 e. The Hall–Kier alpha value is 1.24. The van der Waals surface area contributed by atoms with Crippen molar-refractivity contribution in [3.63, 3.8) is 0 Å². The third-order valence-electron chi connectivity index (χ3n) is 0.524. The summed E-state index contributed by atoms with van der Waals surface area (Å²) in [5.74, 6) is 0.999. The molecule has 0 aliphatic carbocycles. The van der Waals surface area contributed by atoms with Crippen molar-refractivity contribution < 1.29 is 4.74 Å². The van der Waals surface area contributed by atoms with E-state index in [9.17, 15) is 0 Å². The molecule has 4 heteroatoms. The van der Waals surface area contributed by atoms with Crippen LogP contribution < -0.4 is 0 Å². The summed E-state index contributed by atoms with van der Waals surface area (Å²) in [4.78, 5) is 0. The molecule has 1 radical (unpaired) electrons. The molecule has 0 unspecified atom stereocenters. The molecule has 0 saturated carbocycles. The zero-order chi connectivity index (χ0) is 6.41. The van der Waals surface area contributed by atoms with Gasteiger partial charge >= 0.3 is 0 Å². The molecule has 0 aromatic rings. The summed E-state index contributed by atoms with van der Waals surface area (Å²) >= 11 is 6.36. The summed E-state index contributed by atoms with van der Waals surface area (Å²) < 4.78 is 5.64. The minimum Gasteiger partial charge on any atom is -0.479 e. The molecule has 0 spiro atoms. The quantitative estimate of drug-likeness (QED) is 0.464. The SMILES string of the molecule is CCOC(=S)SCC.[Na]. The number of thiocarbonyl (C=S) groups is 1. The second-order valence-electron chi connectivity index (χ2n) is 1.12. The molecule has 49 valence electrons. The molecular weight excluding hydrogens is 163 g/mol. The minimum absolute atomic E-state index is 0. The largest absolute Gasteiger partial charge is 0.479 e. The molecule has 0 aliphatic heterocycles. The van der Waals surface area contributed by atoms with Gasteiger partial charge in [-0.25, -0.2) is 0 Å². The van der Waals surface area contributed by atoms with Crippen LogP contribution in [0.5, 0.6) is 0 Å². The van der Waals surface area contributed by atoms with Crippen molar-refractivity contribution >= 4 is 57.9 Å². The monoisotopic (exact) mass is 173 g/mol. The summed E-state index contributed by atoms with van der Waals surface area (Å²) in [6, 6.07) is 0. The zero-order valence-corrected chi connectivity index (χ0v) is 9.77.